The molecule has 0 bridgehead atoms. The van der Waals surface area contributed by atoms with Gasteiger partial charge in [0, 0.05) is 6.07 Å². The van der Waals surface area contributed by atoms with E-state index in [0.717, 1.165) is 17.8 Å². The van der Waals surface area contributed by atoms with Crippen molar-refractivity contribution in [3.63, 3.8) is 0 Å². The van der Waals surface area contributed by atoms with Gasteiger partial charge in [0.05, 0.1) is 15.4 Å². The molecule has 0 unspecified atom stereocenters. The quantitative estimate of drug-likeness (QED) is 0.445. The van der Waals surface area contributed by atoms with E-state index >= 15 is 0 Å². The van der Waals surface area contributed by atoms with Gasteiger partial charge in [-0.3, -0.25) is 25.0 Å². The number of halogens is 3. The number of benzene rings is 2. The van der Waals surface area contributed by atoms with Crippen LogP contribution >= 0.6 is 11.8 Å². The largest absolute Gasteiger partial charge is 0.450 e. The van der Waals surface area contributed by atoms with Gasteiger partial charge in [-0.05, 0) is 47.7 Å². The van der Waals surface area contributed by atoms with Gasteiger partial charge in [0.25, 0.3) is 11.1 Å². The van der Waals surface area contributed by atoms with Crippen molar-refractivity contribution in [2.75, 3.05) is 0 Å². The molecule has 1 fully saturated rings. The van der Waals surface area contributed by atoms with Crippen LogP contribution in [0, 0.1) is 10.1 Å². The number of nitro groups is 1. The summed E-state index contributed by atoms with van der Waals surface area (Å²) in [4.78, 5) is 33.0. The van der Waals surface area contributed by atoms with Gasteiger partial charge in [0.1, 0.15) is 5.75 Å². The Morgan fingerprint density at radius 2 is 1.79 bits per heavy atom. The van der Waals surface area contributed by atoms with E-state index < -0.39 is 33.5 Å². The van der Waals surface area contributed by atoms with Gasteiger partial charge in [-0.1, -0.05) is 12.1 Å². The number of carbonyl (C=O) groups excluding carboxylic acids is 2. The van der Waals surface area contributed by atoms with Crippen molar-refractivity contribution >= 4 is 34.7 Å². The lowest BCUT2D eigenvalue weighted by Crippen LogP contribution is -2.17. The van der Waals surface area contributed by atoms with E-state index in [1.165, 1.54) is 30.3 Å². The maximum absolute atomic E-state index is 12.7. The van der Waals surface area contributed by atoms with Gasteiger partial charge in [0.15, 0.2) is 0 Å². The normalized spacial score (nSPS) is 15.6. The summed E-state index contributed by atoms with van der Waals surface area (Å²) in [7, 11) is 0. The first kappa shape index (κ1) is 19.4. The molecular weight excluding hydrogens is 401 g/mol. The number of hydrogen-bond donors (Lipinski definition) is 1. The number of amides is 2. The molecule has 1 N–H and O–H groups in total. The monoisotopic (exact) mass is 410 g/mol. The second-order valence-corrected chi connectivity index (χ2v) is 6.48. The molecule has 28 heavy (non-hydrogen) atoms. The fraction of sp³-hybridized carbons (Fsp3) is 0.0588. The summed E-state index contributed by atoms with van der Waals surface area (Å²) in [6.07, 6.45) is -3.25. The minimum absolute atomic E-state index is 0.143. The Morgan fingerprint density at radius 3 is 2.32 bits per heavy atom. The van der Waals surface area contributed by atoms with Crippen molar-refractivity contribution in [2.45, 2.75) is 6.18 Å². The molecule has 0 aliphatic carbocycles. The molecule has 0 spiro atoms. The number of nitro benzene ring substituents is 1. The van der Waals surface area contributed by atoms with Gasteiger partial charge in [0.2, 0.25) is 5.75 Å². The van der Waals surface area contributed by atoms with Gasteiger partial charge in [-0.25, -0.2) is 0 Å². The van der Waals surface area contributed by atoms with Crippen LogP contribution in [0.5, 0.6) is 11.5 Å². The highest BCUT2D eigenvalue weighted by molar-refractivity contribution is 8.18. The number of imide groups is 1. The number of ether oxygens (including phenoxy) is 1. The highest BCUT2D eigenvalue weighted by Gasteiger charge is 2.33. The van der Waals surface area contributed by atoms with Gasteiger partial charge >= 0.3 is 11.9 Å². The zero-order valence-corrected chi connectivity index (χ0v) is 14.5. The molecule has 0 radical (unpaired) electrons. The first-order chi connectivity index (χ1) is 13.1. The first-order valence-electron chi connectivity index (χ1n) is 7.52. The maximum atomic E-state index is 12.7. The van der Waals surface area contributed by atoms with E-state index in [0.29, 0.717) is 17.7 Å². The first-order valence-corrected chi connectivity index (χ1v) is 8.33. The smallest absolute Gasteiger partial charge is 0.416 e. The molecule has 2 amide bonds. The summed E-state index contributed by atoms with van der Waals surface area (Å²) in [5.74, 6) is -0.722. The third-order valence-electron chi connectivity index (χ3n) is 3.53. The average Bonchev–Trinajstić information content (AvgIpc) is 2.93. The van der Waals surface area contributed by atoms with E-state index in [1.807, 2.05) is 0 Å². The van der Waals surface area contributed by atoms with Crippen molar-refractivity contribution in [3.8, 4) is 11.5 Å². The van der Waals surface area contributed by atoms with Crippen molar-refractivity contribution in [1.82, 2.24) is 5.32 Å². The summed E-state index contributed by atoms with van der Waals surface area (Å²) >= 11 is 0.747. The Bertz CT molecular complexity index is 1000. The standard InChI is InChI=1S/C17H9F3N2O5S/c18-17(19,20)10-3-6-13(12(8-10)22(25)26)27-11-4-1-9(2-5-11)7-14-15(23)21-16(24)28-14/h1-8H,(H,21,23,24)/b14-7+. The van der Waals surface area contributed by atoms with E-state index in [1.54, 1.807) is 0 Å². The molecule has 7 nitrogen and oxygen atoms in total. The SMILES string of the molecule is O=C1NC(=O)/C(=C\c2ccc(Oc3ccc(C(F)(F)F)cc3[N+](=O)[O-])cc2)S1. The van der Waals surface area contributed by atoms with Crippen molar-refractivity contribution in [1.29, 1.82) is 0 Å². The molecule has 2 aromatic carbocycles. The molecule has 1 aliphatic heterocycles. The highest BCUT2D eigenvalue weighted by atomic mass is 32.2. The zero-order valence-electron chi connectivity index (χ0n) is 13.6. The molecule has 1 heterocycles. The molecule has 1 aliphatic rings. The zero-order chi connectivity index (χ0) is 20.5. The molecule has 144 valence electrons. The summed E-state index contributed by atoms with van der Waals surface area (Å²) in [6.45, 7) is 0. The van der Waals surface area contributed by atoms with Crippen LogP contribution < -0.4 is 10.1 Å². The molecule has 11 heteroatoms. The Kier molecular flexibility index (Phi) is 5.10. The van der Waals surface area contributed by atoms with Crippen LogP contribution in [0.25, 0.3) is 6.08 Å². The van der Waals surface area contributed by atoms with Crippen LogP contribution in [0.3, 0.4) is 0 Å². The molecule has 2 aromatic rings. The van der Waals surface area contributed by atoms with Gasteiger partial charge in [-0.2, -0.15) is 13.2 Å². The number of rotatable bonds is 4. The average molecular weight is 410 g/mol. The van der Waals surface area contributed by atoms with Crippen molar-refractivity contribution in [3.05, 3.63) is 68.6 Å². The maximum Gasteiger partial charge on any atom is 0.416 e. The lowest BCUT2D eigenvalue weighted by molar-refractivity contribution is -0.385. The van der Waals surface area contributed by atoms with Crippen LogP contribution in [0.2, 0.25) is 0 Å². The van der Waals surface area contributed by atoms with E-state index in [2.05, 4.69) is 5.32 Å². The van der Waals surface area contributed by atoms with Crippen molar-refractivity contribution < 1.29 is 32.4 Å². The molecular formula is C17H9F3N2O5S. The lowest BCUT2D eigenvalue weighted by Gasteiger charge is -2.10. The fourth-order valence-electron chi connectivity index (χ4n) is 2.25. The van der Waals surface area contributed by atoms with Crippen LogP contribution in [-0.4, -0.2) is 16.1 Å². The van der Waals surface area contributed by atoms with Crippen LogP contribution in [0.15, 0.2) is 47.4 Å². The summed E-state index contributed by atoms with van der Waals surface area (Å²) in [5, 5.41) is 12.7. The van der Waals surface area contributed by atoms with Gasteiger partial charge in [-0.15, -0.1) is 0 Å². The number of thioether (sulfide) groups is 1. The predicted octanol–water partition coefficient (Wildman–Crippen LogP) is 4.73. The minimum Gasteiger partial charge on any atom is -0.450 e. The predicted molar refractivity (Wildman–Crippen MR) is 93.7 cm³/mol. The van der Waals surface area contributed by atoms with E-state index in [-0.39, 0.29) is 16.4 Å². The third kappa shape index (κ3) is 4.31. The van der Waals surface area contributed by atoms with Gasteiger partial charge < -0.3 is 4.74 Å². The third-order valence-corrected chi connectivity index (χ3v) is 4.34. The number of carbonyl (C=O) groups is 2. The Morgan fingerprint density at radius 1 is 1.11 bits per heavy atom. The Hall–Kier alpha value is -3.34. The topological polar surface area (TPSA) is 98.5 Å². The molecule has 0 atom stereocenters. The number of alkyl halides is 3. The molecule has 0 saturated carbocycles. The lowest BCUT2D eigenvalue weighted by atomic mass is 10.1. The highest BCUT2D eigenvalue weighted by Crippen LogP contribution is 2.38. The molecule has 3 rings (SSSR count). The molecule has 0 aromatic heterocycles. The van der Waals surface area contributed by atoms with E-state index in [4.69, 9.17) is 4.74 Å². The van der Waals surface area contributed by atoms with Crippen LogP contribution in [0.4, 0.5) is 23.7 Å². The number of nitrogens with zero attached hydrogens (tertiary/aromatic N) is 1. The van der Waals surface area contributed by atoms with Crippen molar-refractivity contribution in [2.24, 2.45) is 0 Å². The van der Waals surface area contributed by atoms with Crippen LogP contribution in [0.1, 0.15) is 11.1 Å². The second-order valence-electron chi connectivity index (χ2n) is 5.46. The Balaban J connectivity index is 1.83. The Labute approximate surface area is 159 Å². The van der Waals surface area contributed by atoms with E-state index in [9.17, 15) is 32.9 Å². The summed E-state index contributed by atoms with van der Waals surface area (Å²) < 4.78 is 43.5. The van der Waals surface area contributed by atoms with Crippen LogP contribution in [-0.2, 0) is 11.0 Å². The number of nitrogens with one attached hydrogen (secondary N) is 1. The number of hydrogen-bond acceptors (Lipinski definition) is 6. The molecule has 1 saturated heterocycles. The fourth-order valence-corrected chi connectivity index (χ4v) is 2.94. The summed E-state index contributed by atoms with van der Waals surface area (Å²) in [5.41, 5.74) is -1.42. The second kappa shape index (κ2) is 7.35. The minimum atomic E-state index is -4.72. The summed E-state index contributed by atoms with van der Waals surface area (Å²) in [6, 6.07) is 7.86.